The van der Waals surface area contributed by atoms with Crippen LogP contribution in [0.3, 0.4) is 0 Å². The van der Waals surface area contributed by atoms with Gasteiger partial charge in [0.25, 0.3) is 5.69 Å². The van der Waals surface area contributed by atoms with Crippen LogP contribution < -0.4 is 0 Å². The number of hydrogen-bond acceptors (Lipinski definition) is 4. The van der Waals surface area contributed by atoms with Gasteiger partial charge < -0.3 is 4.57 Å². The lowest BCUT2D eigenvalue weighted by Gasteiger charge is -2.01. The Balaban J connectivity index is 2.22. The Morgan fingerprint density at radius 1 is 1.20 bits per heavy atom. The smallest absolute Gasteiger partial charge is 0.271 e. The summed E-state index contributed by atoms with van der Waals surface area (Å²) < 4.78 is 15.7. The molecule has 122 valence electrons. The maximum atomic E-state index is 14.0. The van der Waals surface area contributed by atoms with Gasteiger partial charge in [0.1, 0.15) is 11.9 Å². The van der Waals surface area contributed by atoms with Crippen LogP contribution in [0.5, 0.6) is 0 Å². The number of halogens is 1. The van der Waals surface area contributed by atoms with E-state index < -0.39 is 10.7 Å². The lowest BCUT2D eigenvalue weighted by molar-refractivity contribution is -0.384. The number of nitrogens with zero attached hydrogens (tertiary/aromatic N) is 4. The van der Waals surface area contributed by atoms with Crippen LogP contribution in [-0.2, 0) is 6.54 Å². The molecule has 25 heavy (non-hydrogen) atoms. The minimum atomic E-state index is -0.625. The van der Waals surface area contributed by atoms with Crippen LogP contribution in [0.1, 0.15) is 12.0 Å². The molecule has 0 radical (unpaired) electrons. The van der Waals surface area contributed by atoms with Gasteiger partial charge in [0.05, 0.1) is 28.5 Å². The Morgan fingerprint density at radius 2 is 2.00 bits per heavy atom. The van der Waals surface area contributed by atoms with E-state index in [1.54, 1.807) is 29.0 Å². The Morgan fingerprint density at radius 3 is 2.64 bits per heavy atom. The fourth-order valence-electron chi connectivity index (χ4n) is 2.75. The predicted molar refractivity (Wildman–Crippen MR) is 88.9 cm³/mol. The Hall–Kier alpha value is -3.71. The van der Waals surface area contributed by atoms with Gasteiger partial charge in [-0.05, 0) is 23.8 Å². The average Bonchev–Trinajstić information content (AvgIpc) is 2.97. The van der Waals surface area contributed by atoms with Crippen molar-refractivity contribution in [3.8, 4) is 23.3 Å². The monoisotopic (exact) mass is 334 g/mol. The fraction of sp³-hybridized carbons (Fsp3) is 0.111. The molecule has 0 N–H and O–H groups in total. The topological polar surface area (TPSA) is 95.7 Å². The van der Waals surface area contributed by atoms with Gasteiger partial charge in [0.2, 0.25) is 0 Å². The van der Waals surface area contributed by atoms with E-state index in [1.165, 1.54) is 24.3 Å². The number of hydrogen-bond donors (Lipinski definition) is 0. The maximum absolute atomic E-state index is 14.0. The molecule has 0 unspecified atom stereocenters. The number of rotatable bonds is 4. The molecule has 0 bridgehead atoms. The van der Waals surface area contributed by atoms with Gasteiger partial charge in [-0.15, -0.1) is 0 Å². The van der Waals surface area contributed by atoms with Crippen LogP contribution in [0.25, 0.3) is 22.0 Å². The lowest BCUT2D eigenvalue weighted by atomic mass is 10.0. The standard InChI is InChI=1S/C18H11FN4O2/c19-17-8-12(2-3-13(17)10-21)16-11-22(7-1-6-20)18-9-14(23(24)25)4-5-15(16)18/h2-5,8-9,11H,1,7H2. The van der Waals surface area contributed by atoms with Crippen LogP contribution >= 0.6 is 0 Å². The number of nitriles is 2. The second-order valence-corrected chi connectivity index (χ2v) is 5.41. The highest BCUT2D eigenvalue weighted by molar-refractivity contribution is 5.97. The van der Waals surface area contributed by atoms with Crippen molar-refractivity contribution in [2.45, 2.75) is 13.0 Å². The minimum Gasteiger partial charge on any atom is -0.346 e. The van der Waals surface area contributed by atoms with Crippen LogP contribution in [0.2, 0.25) is 0 Å². The lowest BCUT2D eigenvalue weighted by Crippen LogP contribution is -1.95. The van der Waals surface area contributed by atoms with E-state index in [2.05, 4.69) is 0 Å². The molecule has 2 aromatic carbocycles. The summed E-state index contributed by atoms with van der Waals surface area (Å²) in [4.78, 5) is 10.5. The second kappa shape index (κ2) is 6.42. The summed E-state index contributed by atoms with van der Waals surface area (Å²) in [5, 5.41) is 29.4. The minimum absolute atomic E-state index is 0.0485. The highest BCUT2D eigenvalue weighted by Gasteiger charge is 2.15. The second-order valence-electron chi connectivity index (χ2n) is 5.41. The van der Waals surface area contributed by atoms with Gasteiger partial charge in [-0.1, -0.05) is 6.07 Å². The largest absolute Gasteiger partial charge is 0.346 e. The molecule has 0 amide bonds. The number of aromatic nitrogens is 1. The molecule has 0 aliphatic carbocycles. The van der Waals surface area contributed by atoms with Gasteiger partial charge in [0, 0.05) is 35.8 Å². The van der Waals surface area contributed by atoms with Gasteiger partial charge in [-0.2, -0.15) is 10.5 Å². The Bertz CT molecular complexity index is 1070. The number of nitro groups is 1. The number of benzene rings is 2. The van der Waals surface area contributed by atoms with Crippen molar-refractivity contribution < 1.29 is 9.31 Å². The molecule has 1 aromatic heterocycles. The highest BCUT2D eigenvalue weighted by Crippen LogP contribution is 2.33. The maximum Gasteiger partial charge on any atom is 0.271 e. The zero-order valence-electron chi connectivity index (χ0n) is 12.9. The number of aryl methyl sites for hydroxylation is 1. The van der Waals surface area contributed by atoms with E-state index in [0.29, 0.717) is 28.6 Å². The first kappa shape index (κ1) is 16.2. The van der Waals surface area contributed by atoms with Gasteiger partial charge >= 0.3 is 0 Å². The fourth-order valence-corrected chi connectivity index (χ4v) is 2.75. The molecule has 6 nitrogen and oxygen atoms in total. The van der Waals surface area contributed by atoms with E-state index in [9.17, 15) is 14.5 Å². The third-order valence-corrected chi connectivity index (χ3v) is 3.94. The summed E-state index contributed by atoms with van der Waals surface area (Å²) in [6.07, 6.45) is 1.99. The van der Waals surface area contributed by atoms with Crippen molar-refractivity contribution in [1.29, 1.82) is 10.5 Å². The van der Waals surface area contributed by atoms with Crippen molar-refractivity contribution >= 4 is 16.6 Å². The molecule has 1 heterocycles. The summed E-state index contributed by atoms with van der Waals surface area (Å²) in [7, 11) is 0. The number of fused-ring (bicyclic) bond motifs is 1. The van der Waals surface area contributed by atoms with Gasteiger partial charge in [0.15, 0.2) is 0 Å². The van der Waals surface area contributed by atoms with Crippen LogP contribution in [-0.4, -0.2) is 9.49 Å². The van der Waals surface area contributed by atoms with Crippen molar-refractivity contribution in [3.05, 3.63) is 64.1 Å². The van der Waals surface area contributed by atoms with Gasteiger partial charge in [-0.3, -0.25) is 10.1 Å². The zero-order valence-corrected chi connectivity index (χ0v) is 12.9. The van der Waals surface area contributed by atoms with Crippen molar-refractivity contribution in [2.75, 3.05) is 0 Å². The Labute approximate surface area is 142 Å². The first-order valence-electron chi connectivity index (χ1n) is 7.39. The molecule has 0 spiro atoms. The first-order chi connectivity index (χ1) is 12.0. The third-order valence-electron chi connectivity index (χ3n) is 3.94. The van der Waals surface area contributed by atoms with Gasteiger partial charge in [-0.25, -0.2) is 4.39 Å². The molecule has 0 aliphatic heterocycles. The molecule has 0 atom stereocenters. The molecule has 3 aromatic rings. The average molecular weight is 334 g/mol. The molecule has 7 heteroatoms. The third kappa shape index (κ3) is 2.91. The van der Waals surface area contributed by atoms with E-state index in [-0.39, 0.29) is 17.7 Å². The van der Waals surface area contributed by atoms with E-state index in [1.807, 2.05) is 6.07 Å². The summed E-state index contributed by atoms with van der Waals surface area (Å²) in [6, 6.07) is 12.6. The van der Waals surface area contributed by atoms with E-state index >= 15 is 0 Å². The van der Waals surface area contributed by atoms with Crippen molar-refractivity contribution in [3.63, 3.8) is 0 Å². The van der Waals surface area contributed by atoms with E-state index in [4.69, 9.17) is 10.5 Å². The normalized spacial score (nSPS) is 10.4. The molecular formula is C18H11FN4O2. The van der Waals surface area contributed by atoms with E-state index in [0.717, 1.165) is 0 Å². The number of nitro benzene ring substituents is 1. The van der Waals surface area contributed by atoms with Crippen LogP contribution in [0.4, 0.5) is 10.1 Å². The first-order valence-corrected chi connectivity index (χ1v) is 7.39. The van der Waals surface area contributed by atoms with Crippen LogP contribution in [0.15, 0.2) is 42.6 Å². The van der Waals surface area contributed by atoms with Crippen molar-refractivity contribution in [2.24, 2.45) is 0 Å². The molecule has 0 fully saturated rings. The molecular weight excluding hydrogens is 323 g/mol. The molecule has 0 aliphatic rings. The Kier molecular flexibility index (Phi) is 4.15. The zero-order chi connectivity index (χ0) is 18.0. The number of non-ortho nitro benzene ring substituents is 1. The molecule has 0 saturated heterocycles. The summed E-state index contributed by atoms with van der Waals surface area (Å²) in [5.74, 6) is -0.625. The predicted octanol–water partition coefficient (Wildman–Crippen LogP) is 4.14. The summed E-state index contributed by atoms with van der Waals surface area (Å²) >= 11 is 0. The summed E-state index contributed by atoms with van der Waals surface area (Å²) in [6.45, 7) is 0.368. The SMILES string of the molecule is N#CCCn1cc(-c2ccc(C#N)c(F)c2)c2ccc([N+](=O)[O-])cc21. The van der Waals surface area contributed by atoms with Crippen molar-refractivity contribution in [1.82, 2.24) is 4.57 Å². The summed E-state index contributed by atoms with van der Waals surface area (Å²) in [5.41, 5.74) is 1.75. The molecule has 0 saturated carbocycles. The quantitative estimate of drug-likeness (QED) is 0.529. The van der Waals surface area contributed by atoms with Crippen LogP contribution in [0, 0.1) is 38.6 Å². The molecule has 3 rings (SSSR count). The highest BCUT2D eigenvalue weighted by atomic mass is 19.1.